The molecule has 0 aliphatic heterocycles. The quantitative estimate of drug-likeness (QED) is 0.660. The fourth-order valence-electron chi connectivity index (χ4n) is 1.45. The SMILES string of the molecule is CN(C)CCC(O)C1CCC1. The molecule has 2 heteroatoms. The van der Waals surface area contributed by atoms with Crippen molar-refractivity contribution in [1.29, 1.82) is 0 Å². The van der Waals surface area contributed by atoms with Crippen molar-refractivity contribution < 1.29 is 5.11 Å². The van der Waals surface area contributed by atoms with E-state index in [4.69, 9.17) is 0 Å². The second-order valence-electron chi connectivity index (χ2n) is 3.85. The van der Waals surface area contributed by atoms with Gasteiger partial charge in [-0.2, -0.15) is 0 Å². The first-order valence-corrected chi connectivity index (χ1v) is 4.53. The van der Waals surface area contributed by atoms with Crippen molar-refractivity contribution in [2.24, 2.45) is 5.92 Å². The molecule has 1 saturated carbocycles. The van der Waals surface area contributed by atoms with E-state index in [1.165, 1.54) is 19.3 Å². The zero-order chi connectivity index (χ0) is 8.27. The summed E-state index contributed by atoms with van der Waals surface area (Å²) >= 11 is 0. The van der Waals surface area contributed by atoms with Crippen molar-refractivity contribution in [3.63, 3.8) is 0 Å². The van der Waals surface area contributed by atoms with Crippen molar-refractivity contribution in [2.75, 3.05) is 20.6 Å². The molecule has 0 spiro atoms. The van der Waals surface area contributed by atoms with Crippen LogP contribution in [0.2, 0.25) is 0 Å². The first-order chi connectivity index (χ1) is 5.20. The molecule has 0 radical (unpaired) electrons. The topological polar surface area (TPSA) is 23.5 Å². The first kappa shape index (κ1) is 9.01. The van der Waals surface area contributed by atoms with E-state index in [2.05, 4.69) is 4.90 Å². The second kappa shape index (κ2) is 4.07. The largest absolute Gasteiger partial charge is 0.393 e. The maximum atomic E-state index is 9.59. The maximum absolute atomic E-state index is 9.59. The summed E-state index contributed by atoms with van der Waals surface area (Å²) < 4.78 is 0. The second-order valence-corrected chi connectivity index (χ2v) is 3.85. The third-order valence-corrected chi connectivity index (χ3v) is 2.57. The Hall–Kier alpha value is -0.0800. The summed E-state index contributed by atoms with van der Waals surface area (Å²) in [6.07, 6.45) is 4.72. The Kier molecular flexibility index (Phi) is 3.34. The molecule has 1 aliphatic rings. The minimum absolute atomic E-state index is 0.0360. The van der Waals surface area contributed by atoms with Gasteiger partial charge in [-0.3, -0.25) is 0 Å². The number of rotatable bonds is 4. The summed E-state index contributed by atoms with van der Waals surface area (Å²) in [6, 6.07) is 0. The van der Waals surface area contributed by atoms with Gasteiger partial charge >= 0.3 is 0 Å². The van der Waals surface area contributed by atoms with Gasteiger partial charge in [-0.25, -0.2) is 0 Å². The molecule has 1 atom stereocenters. The molecule has 0 aromatic carbocycles. The lowest BCUT2D eigenvalue weighted by molar-refractivity contribution is 0.0503. The fraction of sp³-hybridized carbons (Fsp3) is 1.00. The van der Waals surface area contributed by atoms with Crippen molar-refractivity contribution >= 4 is 0 Å². The molecule has 1 unspecified atom stereocenters. The molecule has 1 aliphatic carbocycles. The number of aliphatic hydroxyl groups is 1. The number of nitrogens with zero attached hydrogens (tertiary/aromatic N) is 1. The van der Waals surface area contributed by atoms with Gasteiger partial charge in [0.1, 0.15) is 0 Å². The summed E-state index contributed by atoms with van der Waals surface area (Å²) in [4.78, 5) is 2.13. The highest BCUT2D eigenvalue weighted by molar-refractivity contribution is 4.77. The Morgan fingerprint density at radius 3 is 2.45 bits per heavy atom. The van der Waals surface area contributed by atoms with Crippen LogP contribution in [0.3, 0.4) is 0 Å². The van der Waals surface area contributed by atoms with Crippen molar-refractivity contribution in [2.45, 2.75) is 31.8 Å². The number of aliphatic hydroxyl groups excluding tert-OH is 1. The average Bonchev–Trinajstić information content (AvgIpc) is 1.79. The summed E-state index contributed by atoms with van der Waals surface area (Å²) in [5.41, 5.74) is 0. The molecule has 0 amide bonds. The Balaban J connectivity index is 2.05. The Labute approximate surface area is 69.2 Å². The molecule has 0 bridgehead atoms. The highest BCUT2D eigenvalue weighted by atomic mass is 16.3. The normalized spacial score (nSPS) is 21.8. The van der Waals surface area contributed by atoms with E-state index in [0.717, 1.165) is 13.0 Å². The Morgan fingerprint density at radius 1 is 1.45 bits per heavy atom. The monoisotopic (exact) mass is 157 g/mol. The van der Waals surface area contributed by atoms with E-state index in [0.29, 0.717) is 5.92 Å². The van der Waals surface area contributed by atoms with Crippen LogP contribution in [0.15, 0.2) is 0 Å². The van der Waals surface area contributed by atoms with Gasteiger partial charge in [0.2, 0.25) is 0 Å². The molecule has 1 fully saturated rings. The lowest BCUT2D eigenvalue weighted by Crippen LogP contribution is -2.29. The van der Waals surface area contributed by atoms with Gasteiger partial charge in [-0.05, 0) is 45.8 Å². The molecule has 66 valence electrons. The lowest BCUT2D eigenvalue weighted by atomic mass is 9.80. The third kappa shape index (κ3) is 2.80. The predicted octanol–water partition coefficient (Wildman–Crippen LogP) is 1.10. The van der Waals surface area contributed by atoms with Crippen molar-refractivity contribution in [3.05, 3.63) is 0 Å². The van der Waals surface area contributed by atoms with Gasteiger partial charge in [0.25, 0.3) is 0 Å². The minimum Gasteiger partial charge on any atom is -0.393 e. The summed E-state index contributed by atoms with van der Waals surface area (Å²) in [5.74, 6) is 0.620. The molecule has 1 rings (SSSR count). The van der Waals surface area contributed by atoms with Crippen LogP contribution in [-0.4, -0.2) is 36.8 Å². The minimum atomic E-state index is -0.0360. The molecule has 0 aromatic heterocycles. The number of hydrogen-bond acceptors (Lipinski definition) is 2. The highest BCUT2D eigenvalue weighted by Gasteiger charge is 2.24. The molecular formula is C9H19NO. The van der Waals surface area contributed by atoms with Crippen LogP contribution in [0.5, 0.6) is 0 Å². The van der Waals surface area contributed by atoms with Gasteiger partial charge in [0, 0.05) is 0 Å². The van der Waals surface area contributed by atoms with Gasteiger partial charge in [0.05, 0.1) is 6.10 Å². The van der Waals surface area contributed by atoms with Gasteiger partial charge in [-0.1, -0.05) is 6.42 Å². The fourth-order valence-corrected chi connectivity index (χ4v) is 1.45. The Bertz CT molecular complexity index is 110. The van der Waals surface area contributed by atoms with E-state index in [1.54, 1.807) is 0 Å². The van der Waals surface area contributed by atoms with Gasteiger partial charge in [0.15, 0.2) is 0 Å². The maximum Gasteiger partial charge on any atom is 0.0580 e. The highest BCUT2D eigenvalue weighted by Crippen LogP contribution is 2.30. The third-order valence-electron chi connectivity index (χ3n) is 2.57. The standard InChI is InChI=1S/C9H19NO/c1-10(2)7-6-9(11)8-4-3-5-8/h8-9,11H,3-7H2,1-2H3. The van der Waals surface area contributed by atoms with Crippen molar-refractivity contribution in [3.8, 4) is 0 Å². The molecular weight excluding hydrogens is 138 g/mol. The first-order valence-electron chi connectivity index (χ1n) is 4.53. The molecule has 2 nitrogen and oxygen atoms in total. The molecule has 0 heterocycles. The number of hydrogen-bond donors (Lipinski definition) is 1. The average molecular weight is 157 g/mol. The molecule has 0 saturated heterocycles. The van der Waals surface area contributed by atoms with E-state index >= 15 is 0 Å². The van der Waals surface area contributed by atoms with Crippen LogP contribution in [0.25, 0.3) is 0 Å². The lowest BCUT2D eigenvalue weighted by Gasteiger charge is -2.30. The van der Waals surface area contributed by atoms with E-state index in [1.807, 2.05) is 14.1 Å². The van der Waals surface area contributed by atoms with Gasteiger partial charge < -0.3 is 10.0 Å². The van der Waals surface area contributed by atoms with Crippen LogP contribution in [0.1, 0.15) is 25.7 Å². The van der Waals surface area contributed by atoms with Gasteiger partial charge in [-0.15, -0.1) is 0 Å². The zero-order valence-corrected chi connectivity index (χ0v) is 7.58. The Morgan fingerprint density at radius 2 is 2.09 bits per heavy atom. The summed E-state index contributed by atoms with van der Waals surface area (Å²) in [7, 11) is 4.10. The van der Waals surface area contributed by atoms with E-state index in [-0.39, 0.29) is 6.10 Å². The van der Waals surface area contributed by atoms with Crippen molar-refractivity contribution in [1.82, 2.24) is 4.90 Å². The molecule has 1 N–H and O–H groups in total. The van der Waals surface area contributed by atoms with Crippen LogP contribution >= 0.6 is 0 Å². The van der Waals surface area contributed by atoms with Crippen LogP contribution in [-0.2, 0) is 0 Å². The van der Waals surface area contributed by atoms with Crippen LogP contribution in [0, 0.1) is 5.92 Å². The van der Waals surface area contributed by atoms with Crippen LogP contribution < -0.4 is 0 Å². The predicted molar refractivity (Wildman–Crippen MR) is 46.5 cm³/mol. The summed E-state index contributed by atoms with van der Waals surface area (Å²) in [5, 5.41) is 9.59. The van der Waals surface area contributed by atoms with E-state index in [9.17, 15) is 5.11 Å². The molecule has 11 heavy (non-hydrogen) atoms. The smallest absolute Gasteiger partial charge is 0.0580 e. The zero-order valence-electron chi connectivity index (χ0n) is 7.58. The van der Waals surface area contributed by atoms with E-state index < -0.39 is 0 Å². The molecule has 0 aromatic rings. The van der Waals surface area contributed by atoms with Crippen LogP contribution in [0.4, 0.5) is 0 Å². The summed E-state index contributed by atoms with van der Waals surface area (Å²) in [6.45, 7) is 1.01.